The molecular weight excluding hydrogens is 257 g/mol. The molecule has 4 heteroatoms. The van der Waals surface area contributed by atoms with Crippen molar-refractivity contribution in [1.82, 2.24) is 0 Å². The molecule has 2 rings (SSSR count). The first-order valence-corrected chi connectivity index (χ1v) is 6.44. The predicted octanol–water partition coefficient (Wildman–Crippen LogP) is 4.35. The van der Waals surface area contributed by atoms with Crippen molar-refractivity contribution in [2.24, 2.45) is 0 Å². The average molecular weight is 268 g/mol. The van der Waals surface area contributed by atoms with Gasteiger partial charge in [0.1, 0.15) is 5.82 Å². The zero-order chi connectivity index (χ0) is 12.3. The van der Waals surface area contributed by atoms with E-state index in [9.17, 15) is 4.39 Å². The number of nitrogens with two attached hydrogens (primary N) is 1. The summed E-state index contributed by atoms with van der Waals surface area (Å²) < 4.78 is 13.5. The molecule has 88 valence electrons. The number of halogens is 2. The van der Waals surface area contributed by atoms with Crippen LogP contribution in [0.15, 0.2) is 47.4 Å². The van der Waals surface area contributed by atoms with Crippen molar-refractivity contribution in [3.05, 3.63) is 58.9 Å². The Morgan fingerprint density at radius 3 is 2.47 bits per heavy atom. The molecule has 1 nitrogen and oxygen atoms in total. The Balaban J connectivity index is 2.04. The third-order valence-electron chi connectivity index (χ3n) is 2.29. The van der Waals surface area contributed by atoms with Gasteiger partial charge >= 0.3 is 0 Å². The maximum absolute atomic E-state index is 13.5. The molecule has 0 amide bonds. The standard InChI is InChI=1S/C13H11ClFNS/c14-10-2-5-12(6-3-10)17-8-9-1-4-11(16)7-13(9)15/h1-7H,8,16H2. The van der Waals surface area contributed by atoms with E-state index in [1.54, 1.807) is 23.9 Å². The Hall–Kier alpha value is -1.19. The van der Waals surface area contributed by atoms with Gasteiger partial charge in [-0.2, -0.15) is 0 Å². The van der Waals surface area contributed by atoms with E-state index in [0.717, 1.165) is 4.90 Å². The van der Waals surface area contributed by atoms with E-state index in [0.29, 0.717) is 22.0 Å². The predicted molar refractivity (Wildman–Crippen MR) is 71.8 cm³/mol. The van der Waals surface area contributed by atoms with Crippen LogP contribution in [0.5, 0.6) is 0 Å². The molecule has 2 aromatic carbocycles. The van der Waals surface area contributed by atoms with Crippen LogP contribution in [0.1, 0.15) is 5.56 Å². The van der Waals surface area contributed by atoms with E-state index < -0.39 is 0 Å². The molecule has 0 fully saturated rings. The maximum Gasteiger partial charge on any atom is 0.129 e. The fourth-order valence-electron chi connectivity index (χ4n) is 1.37. The topological polar surface area (TPSA) is 26.0 Å². The van der Waals surface area contributed by atoms with Crippen LogP contribution in [-0.4, -0.2) is 0 Å². The molecule has 0 unspecified atom stereocenters. The number of anilines is 1. The van der Waals surface area contributed by atoms with E-state index >= 15 is 0 Å². The zero-order valence-electron chi connectivity index (χ0n) is 8.99. The van der Waals surface area contributed by atoms with Gasteiger partial charge in [0.25, 0.3) is 0 Å². The summed E-state index contributed by atoms with van der Waals surface area (Å²) in [7, 11) is 0. The minimum Gasteiger partial charge on any atom is -0.399 e. The van der Waals surface area contributed by atoms with Gasteiger partial charge in [-0.1, -0.05) is 17.7 Å². The Labute approximate surface area is 109 Å². The molecule has 0 aromatic heterocycles. The molecule has 0 radical (unpaired) electrons. The van der Waals surface area contributed by atoms with E-state index in [1.807, 2.05) is 24.3 Å². The van der Waals surface area contributed by atoms with Crippen LogP contribution in [0.3, 0.4) is 0 Å². The van der Waals surface area contributed by atoms with Gasteiger partial charge in [0, 0.05) is 21.4 Å². The fourth-order valence-corrected chi connectivity index (χ4v) is 2.38. The third kappa shape index (κ3) is 3.38. The second kappa shape index (κ2) is 5.43. The highest BCUT2D eigenvalue weighted by atomic mass is 35.5. The van der Waals surface area contributed by atoms with Crippen molar-refractivity contribution >= 4 is 29.1 Å². The van der Waals surface area contributed by atoms with Crippen LogP contribution in [0.25, 0.3) is 0 Å². The summed E-state index contributed by atoms with van der Waals surface area (Å²) in [5, 5.41) is 0.702. The summed E-state index contributed by atoms with van der Waals surface area (Å²) in [5.41, 5.74) is 6.59. The smallest absolute Gasteiger partial charge is 0.129 e. The molecule has 2 aromatic rings. The molecule has 0 aliphatic carbocycles. The molecule has 0 saturated heterocycles. The molecule has 0 aliphatic heterocycles. The van der Waals surface area contributed by atoms with Crippen molar-refractivity contribution in [2.75, 3.05) is 5.73 Å². The monoisotopic (exact) mass is 267 g/mol. The number of rotatable bonds is 3. The fraction of sp³-hybridized carbons (Fsp3) is 0.0769. The van der Waals surface area contributed by atoms with E-state index in [1.165, 1.54) is 6.07 Å². The molecule has 0 saturated carbocycles. The van der Waals surface area contributed by atoms with E-state index in [-0.39, 0.29) is 5.82 Å². The highest BCUT2D eigenvalue weighted by molar-refractivity contribution is 7.98. The largest absolute Gasteiger partial charge is 0.399 e. The highest BCUT2D eigenvalue weighted by Gasteiger charge is 2.03. The Bertz CT molecular complexity index is 513. The molecule has 0 spiro atoms. The number of benzene rings is 2. The summed E-state index contributed by atoms with van der Waals surface area (Å²) in [4.78, 5) is 1.06. The number of nitrogen functional groups attached to an aromatic ring is 1. The van der Waals surface area contributed by atoms with Gasteiger partial charge < -0.3 is 5.73 Å². The lowest BCUT2D eigenvalue weighted by Gasteiger charge is -2.04. The van der Waals surface area contributed by atoms with Crippen LogP contribution in [0.4, 0.5) is 10.1 Å². The minimum absolute atomic E-state index is 0.258. The molecular formula is C13H11ClFNS. The van der Waals surface area contributed by atoms with Gasteiger partial charge in [0.2, 0.25) is 0 Å². The lowest BCUT2D eigenvalue weighted by atomic mass is 10.2. The Kier molecular flexibility index (Phi) is 3.92. The van der Waals surface area contributed by atoms with Crippen LogP contribution in [0.2, 0.25) is 5.02 Å². The van der Waals surface area contributed by atoms with Gasteiger partial charge in [-0.3, -0.25) is 0 Å². The maximum atomic E-state index is 13.5. The van der Waals surface area contributed by atoms with Gasteiger partial charge in [0.15, 0.2) is 0 Å². The first-order chi connectivity index (χ1) is 8.15. The summed E-state index contributed by atoms with van der Waals surface area (Å²) in [6.07, 6.45) is 0. The summed E-state index contributed by atoms with van der Waals surface area (Å²) >= 11 is 7.35. The SMILES string of the molecule is Nc1ccc(CSc2ccc(Cl)cc2)c(F)c1. The lowest BCUT2D eigenvalue weighted by molar-refractivity contribution is 0.618. The van der Waals surface area contributed by atoms with Gasteiger partial charge in [-0.05, 0) is 42.0 Å². The molecule has 2 N–H and O–H groups in total. The first-order valence-electron chi connectivity index (χ1n) is 5.07. The summed E-state index contributed by atoms with van der Waals surface area (Å²) in [6, 6.07) is 12.3. The third-order valence-corrected chi connectivity index (χ3v) is 3.60. The average Bonchev–Trinajstić information content (AvgIpc) is 2.30. The molecule has 17 heavy (non-hydrogen) atoms. The normalized spacial score (nSPS) is 10.5. The van der Waals surface area contributed by atoms with Gasteiger partial charge in [0.05, 0.1) is 0 Å². The summed E-state index contributed by atoms with van der Waals surface area (Å²) in [6.45, 7) is 0. The number of hydrogen-bond donors (Lipinski definition) is 1. The Morgan fingerprint density at radius 1 is 1.12 bits per heavy atom. The first kappa shape index (κ1) is 12.3. The molecule has 0 heterocycles. The molecule has 0 bridgehead atoms. The number of thioether (sulfide) groups is 1. The van der Waals surface area contributed by atoms with Crippen LogP contribution < -0.4 is 5.73 Å². The van der Waals surface area contributed by atoms with Crippen molar-refractivity contribution in [2.45, 2.75) is 10.6 Å². The Morgan fingerprint density at radius 2 is 1.82 bits per heavy atom. The van der Waals surface area contributed by atoms with Gasteiger partial charge in [-0.15, -0.1) is 11.8 Å². The van der Waals surface area contributed by atoms with Crippen molar-refractivity contribution in [3.63, 3.8) is 0 Å². The van der Waals surface area contributed by atoms with E-state index in [4.69, 9.17) is 17.3 Å². The summed E-state index contributed by atoms with van der Waals surface area (Å²) in [5.74, 6) is 0.319. The minimum atomic E-state index is -0.258. The number of hydrogen-bond acceptors (Lipinski definition) is 2. The second-order valence-corrected chi connectivity index (χ2v) is 5.08. The van der Waals surface area contributed by atoms with Crippen molar-refractivity contribution in [1.29, 1.82) is 0 Å². The quantitative estimate of drug-likeness (QED) is 0.661. The van der Waals surface area contributed by atoms with Crippen LogP contribution in [-0.2, 0) is 5.75 Å². The highest BCUT2D eigenvalue weighted by Crippen LogP contribution is 2.25. The molecule has 0 atom stereocenters. The van der Waals surface area contributed by atoms with Crippen LogP contribution in [0, 0.1) is 5.82 Å². The lowest BCUT2D eigenvalue weighted by Crippen LogP contribution is -1.91. The van der Waals surface area contributed by atoms with Gasteiger partial charge in [-0.25, -0.2) is 4.39 Å². The van der Waals surface area contributed by atoms with Crippen molar-refractivity contribution in [3.8, 4) is 0 Å². The van der Waals surface area contributed by atoms with Crippen molar-refractivity contribution < 1.29 is 4.39 Å². The second-order valence-electron chi connectivity index (χ2n) is 3.59. The molecule has 0 aliphatic rings. The van der Waals surface area contributed by atoms with E-state index in [2.05, 4.69) is 0 Å². The van der Waals surface area contributed by atoms with Crippen LogP contribution >= 0.6 is 23.4 Å². The zero-order valence-corrected chi connectivity index (χ0v) is 10.6.